The lowest BCUT2D eigenvalue weighted by atomic mass is 9.95. The van der Waals surface area contributed by atoms with Crippen molar-refractivity contribution in [2.75, 3.05) is 11.6 Å². The van der Waals surface area contributed by atoms with Gasteiger partial charge in [0.25, 0.3) is 0 Å². The summed E-state index contributed by atoms with van der Waals surface area (Å²) in [5.41, 5.74) is 0. The third-order valence-corrected chi connectivity index (χ3v) is 3.95. The van der Waals surface area contributed by atoms with E-state index in [1.54, 1.807) is 6.07 Å². The van der Waals surface area contributed by atoms with E-state index in [2.05, 4.69) is 15.5 Å². The van der Waals surface area contributed by atoms with Gasteiger partial charge in [0.05, 0.1) is 0 Å². The van der Waals surface area contributed by atoms with Crippen LogP contribution in [0.1, 0.15) is 32.1 Å². The Morgan fingerprint density at radius 1 is 1.18 bits per heavy atom. The van der Waals surface area contributed by atoms with Gasteiger partial charge in [-0.15, -0.1) is 10.2 Å². The average molecular weight is 255 g/mol. The van der Waals surface area contributed by atoms with Crippen molar-refractivity contribution in [1.82, 2.24) is 10.2 Å². The Morgan fingerprint density at radius 3 is 2.41 bits per heavy atom. The highest BCUT2D eigenvalue weighted by molar-refractivity contribution is 7.90. The highest BCUT2D eigenvalue weighted by atomic mass is 32.2. The Hall–Kier alpha value is -1.17. The molecule has 1 N–H and O–H groups in total. The van der Waals surface area contributed by atoms with Gasteiger partial charge in [0.1, 0.15) is 5.82 Å². The summed E-state index contributed by atoms with van der Waals surface area (Å²) in [6.45, 7) is 0. The maximum absolute atomic E-state index is 11.2. The molecule has 0 unspecified atom stereocenters. The maximum Gasteiger partial charge on any atom is 0.194 e. The molecule has 0 radical (unpaired) electrons. The molecule has 0 atom stereocenters. The predicted octanol–water partition coefficient (Wildman–Crippen LogP) is 1.62. The molecule has 1 aliphatic rings. The van der Waals surface area contributed by atoms with Crippen molar-refractivity contribution in [3.63, 3.8) is 0 Å². The summed E-state index contributed by atoms with van der Waals surface area (Å²) in [7, 11) is -3.25. The fourth-order valence-electron chi connectivity index (χ4n) is 2.05. The zero-order valence-corrected chi connectivity index (χ0v) is 10.7. The highest BCUT2D eigenvalue weighted by Crippen LogP contribution is 2.20. The summed E-state index contributed by atoms with van der Waals surface area (Å²) < 4.78 is 22.4. The Balaban J connectivity index is 2.03. The smallest absolute Gasteiger partial charge is 0.194 e. The van der Waals surface area contributed by atoms with Crippen LogP contribution in [0.4, 0.5) is 5.82 Å². The number of rotatable bonds is 3. The van der Waals surface area contributed by atoms with Crippen LogP contribution in [0.2, 0.25) is 0 Å². The first-order chi connectivity index (χ1) is 8.05. The van der Waals surface area contributed by atoms with E-state index >= 15 is 0 Å². The molecule has 1 aliphatic carbocycles. The van der Waals surface area contributed by atoms with Crippen LogP contribution in [0.5, 0.6) is 0 Å². The molecule has 5 nitrogen and oxygen atoms in total. The largest absolute Gasteiger partial charge is 0.366 e. The minimum atomic E-state index is -3.25. The van der Waals surface area contributed by atoms with Crippen LogP contribution in [0.25, 0.3) is 0 Å². The predicted molar refractivity (Wildman–Crippen MR) is 65.6 cm³/mol. The standard InChI is InChI=1S/C11H17N3O2S/c1-17(15,16)11-8-7-10(13-14-11)12-9-5-3-2-4-6-9/h7-9H,2-6H2,1H3,(H,12,13). The fourth-order valence-corrected chi connectivity index (χ4v) is 2.56. The fraction of sp³-hybridized carbons (Fsp3) is 0.636. The normalized spacial score (nSPS) is 17.9. The lowest BCUT2D eigenvalue weighted by Gasteiger charge is -2.22. The van der Waals surface area contributed by atoms with Crippen molar-refractivity contribution in [2.45, 2.75) is 43.2 Å². The number of anilines is 1. The van der Waals surface area contributed by atoms with E-state index < -0.39 is 9.84 Å². The third kappa shape index (κ3) is 3.39. The molecule has 0 aromatic carbocycles. The van der Waals surface area contributed by atoms with Crippen LogP contribution < -0.4 is 5.32 Å². The van der Waals surface area contributed by atoms with E-state index in [0.29, 0.717) is 11.9 Å². The lowest BCUT2D eigenvalue weighted by molar-refractivity contribution is 0.461. The van der Waals surface area contributed by atoms with E-state index in [9.17, 15) is 8.42 Å². The summed E-state index contributed by atoms with van der Waals surface area (Å²) in [4.78, 5) is 0. The lowest BCUT2D eigenvalue weighted by Crippen LogP contribution is -2.23. The molecule has 0 amide bonds. The van der Waals surface area contributed by atoms with Gasteiger partial charge in [0.15, 0.2) is 14.9 Å². The summed E-state index contributed by atoms with van der Waals surface area (Å²) in [5, 5.41) is 10.9. The van der Waals surface area contributed by atoms with Crippen LogP contribution in [0.3, 0.4) is 0 Å². The molecule has 1 aromatic rings. The monoisotopic (exact) mass is 255 g/mol. The van der Waals surface area contributed by atoms with Crippen molar-refractivity contribution < 1.29 is 8.42 Å². The van der Waals surface area contributed by atoms with Crippen molar-refractivity contribution >= 4 is 15.7 Å². The van der Waals surface area contributed by atoms with Crippen LogP contribution >= 0.6 is 0 Å². The minimum absolute atomic E-state index is 0.0201. The van der Waals surface area contributed by atoms with E-state index in [4.69, 9.17) is 0 Å². The van der Waals surface area contributed by atoms with Crippen molar-refractivity contribution in [3.8, 4) is 0 Å². The second kappa shape index (κ2) is 5.00. The molecule has 6 heteroatoms. The van der Waals surface area contributed by atoms with E-state index in [-0.39, 0.29) is 5.03 Å². The first kappa shape index (κ1) is 12.3. The van der Waals surface area contributed by atoms with Crippen LogP contribution in [0, 0.1) is 0 Å². The Labute approximate surface area is 102 Å². The molecule has 17 heavy (non-hydrogen) atoms. The number of hydrogen-bond acceptors (Lipinski definition) is 5. The minimum Gasteiger partial charge on any atom is -0.366 e. The molecule has 2 rings (SSSR count). The first-order valence-electron chi connectivity index (χ1n) is 5.86. The van der Waals surface area contributed by atoms with Crippen LogP contribution in [-0.4, -0.2) is 30.9 Å². The molecular weight excluding hydrogens is 238 g/mol. The quantitative estimate of drug-likeness (QED) is 0.888. The number of sulfone groups is 1. The van der Waals surface area contributed by atoms with E-state index in [0.717, 1.165) is 19.1 Å². The second-order valence-electron chi connectivity index (χ2n) is 4.51. The van der Waals surface area contributed by atoms with Crippen LogP contribution in [0.15, 0.2) is 17.2 Å². The number of hydrogen-bond donors (Lipinski definition) is 1. The van der Waals surface area contributed by atoms with Crippen LogP contribution in [-0.2, 0) is 9.84 Å². The molecule has 1 fully saturated rings. The molecular formula is C11H17N3O2S. The molecule has 1 aromatic heterocycles. The third-order valence-electron chi connectivity index (χ3n) is 2.98. The SMILES string of the molecule is CS(=O)(=O)c1ccc(NC2CCCCC2)nn1. The molecule has 0 bridgehead atoms. The Morgan fingerprint density at radius 2 is 1.88 bits per heavy atom. The average Bonchev–Trinajstić information content (AvgIpc) is 2.30. The molecule has 94 valence electrons. The van der Waals surface area contributed by atoms with Gasteiger partial charge in [-0.1, -0.05) is 19.3 Å². The number of nitrogens with zero attached hydrogens (tertiary/aromatic N) is 2. The zero-order chi connectivity index (χ0) is 12.3. The number of nitrogens with one attached hydrogen (secondary N) is 1. The Bertz CT molecular complexity index is 464. The molecule has 0 aliphatic heterocycles. The first-order valence-corrected chi connectivity index (χ1v) is 7.75. The Kier molecular flexibility index (Phi) is 3.61. The number of aromatic nitrogens is 2. The summed E-state index contributed by atoms with van der Waals surface area (Å²) >= 11 is 0. The molecule has 0 saturated heterocycles. The summed E-state index contributed by atoms with van der Waals surface area (Å²) in [5.74, 6) is 0.657. The molecule has 0 spiro atoms. The second-order valence-corrected chi connectivity index (χ2v) is 6.47. The van der Waals surface area contributed by atoms with Gasteiger partial charge in [0.2, 0.25) is 0 Å². The van der Waals surface area contributed by atoms with E-state index in [1.165, 1.54) is 25.3 Å². The highest BCUT2D eigenvalue weighted by Gasteiger charge is 2.14. The van der Waals surface area contributed by atoms with Crippen molar-refractivity contribution in [2.24, 2.45) is 0 Å². The van der Waals surface area contributed by atoms with E-state index in [1.807, 2.05) is 0 Å². The summed E-state index contributed by atoms with van der Waals surface area (Å²) in [6.07, 6.45) is 7.21. The topological polar surface area (TPSA) is 72.0 Å². The van der Waals surface area contributed by atoms with Crippen molar-refractivity contribution in [1.29, 1.82) is 0 Å². The molecule has 1 heterocycles. The van der Waals surface area contributed by atoms with Gasteiger partial charge in [-0.05, 0) is 25.0 Å². The van der Waals surface area contributed by atoms with Gasteiger partial charge < -0.3 is 5.32 Å². The van der Waals surface area contributed by atoms with Gasteiger partial charge >= 0.3 is 0 Å². The summed E-state index contributed by atoms with van der Waals surface area (Å²) in [6, 6.07) is 3.62. The molecule has 1 saturated carbocycles. The van der Waals surface area contributed by atoms with Gasteiger partial charge in [-0.2, -0.15) is 0 Å². The zero-order valence-electron chi connectivity index (χ0n) is 9.89. The van der Waals surface area contributed by atoms with Gasteiger partial charge in [-0.25, -0.2) is 8.42 Å². The van der Waals surface area contributed by atoms with Gasteiger partial charge in [-0.3, -0.25) is 0 Å². The maximum atomic E-state index is 11.2. The van der Waals surface area contributed by atoms with Crippen molar-refractivity contribution in [3.05, 3.63) is 12.1 Å². The van der Waals surface area contributed by atoms with Gasteiger partial charge in [0, 0.05) is 12.3 Å².